The van der Waals surface area contributed by atoms with Crippen LogP contribution in [0.1, 0.15) is 39.5 Å². The Balaban J connectivity index is 2.04. The monoisotopic (exact) mass is 233 g/mol. The van der Waals surface area contributed by atoms with Gasteiger partial charge in [-0.1, -0.05) is 13.8 Å². The lowest BCUT2D eigenvalue weighted by Crippen LogP contribution is -2.37. The number of pyridine rings is 1. The molecule has 1 heterocycles. The van der Waals surface area contributed by atoms with Crippen LogP contribution in [0.5, 0.6) is 0 Å². The third kappa shape index (κ3) is 2.90. The van der Waals surface area contributed by atoms with Crippen LogP contribution in [-0.4, -0.2) is 18.1 Å². The quantitative estimate of drug-likeness (QED) is 0.853. The summed E-state index contributed by atoms with van der Waals surface area (Å²) in [6, 6.07) is 2.64. The lowest BCUT2D eigenvalue weighted by atomic mass is 9.75. The molecule has 0 radical (unpaired) electrons. The maximum Gasteiger partial charge on any atom is 0.0573 e. The van der Waals surface area contributed by atoms with Gasteiger partial charge in [0.2, 0.25) is 0 Å². The van der Waals surface area contributed by atoms with Crippen LogP contribution in [0.15, 0.2) is 18.5 Å². The molecule has 3 heteroatoms. The Hall–Kier alpha value is -1.25. The van der Waals surface area contributed by atoms with Gasteiger partial charge in [0.15, 0.2) is 0 Å². The van der Waals surface area contributed by atoms with E-state index in [2.05, 4.69) is 30.8 Å². The molecule has 2 rings (SSSR count). The normalized spacial score (nSPS) is 20.2. The molecular weight excluding hydrogens is 210 g/mol. The highest BCUT2D eigenvalue weighted by molar-refractivity contribution is 5.53. The van der Waals surface area contributed by atoms with Gasteiger partial charge in [0.1, 0.15) is 0 Å². The zero-order valence-electron chi connectivity index (χ0n) is 11.1. The van der Waals surface area contributed by atoms with Gasteiger partial charge in [-0.3, -0.25) is 4.98 Å². The van der Waals surface area contributed by atoms with E-state index in [-0.39, 0.29) is 0 Å². The molecule has 0 aliphatic heterocycles. The van der Waals surface area contributed by atoms with Gasteiger partial charge in [0.25, 0.3) is 0 Å². The maximum atomic E-state index is 5.78. The van der Waals surface area contributed by atoms with Crippen molar-refractivity contribution in [2.24, 2.45) is 5.41 Å². The first-order valence-corrected chi connectivity index (χ1v) is 6.41. The van der Waals surface area contributed by atoms with Gasteiger partial charge in [-0.15, -0.1) is 0 Å². The third-order valence-electron chi connectivity index (χ3n) is 4.01. The molecular formula is C14H23N3. The second-order valence-corrected chi connectivity index (χ2v) is 5.98. The number of hydrogen-bond donors (Lipinski definition) is 1. The van der Waals surface area contributed by atoms with E-state index in [1.807, 2.05) is 12.3 Å². The SMILES string of the molecule is CN(c1cncc(N)c1)C1CCC(C)(C)CC1. The summed E-state index contributed by atoms with van der Waals surface area (Å²) in [5.41, 5.74) is 8.17. The molecule has 17 heavy (non-hydrogen) atoms. The molecule has 1 aromatic heterocycles. The fourth-order valence-electron chi connectivity index (χ4n) is 2.62. The summed E-state index contributed by atoms with van der Waals surface area (Å²) in [5.74, 6) is 0. The van der Waals surface area contributed by atoms with Gasteiger partial charge in [-0.2, -0.15) is 0 Å². The summed E-state index contributed by atoms with van der Waals surface area (Å²) < 4.78 is 0. The number of nitrogen functional groups attached to an aromatic ring is 1. The van der Waals surface area contributed by atoms with E-state index in [9.17, 15) is 0 Å². The van der Waals surface area contributed by atoms with E-state index >= 15 is 0 Å². The summed E-state index contributed by atoms with van der Waals surface area (Å²) in [6.07, 6.45) is 8.73. The van der Waals surface area contributed by atoms with Crippen molar-refractivity contribution in [1.82, 2.24) is 4.98 Å². The highest BCUT2D eigenvalue weighted by Crippen LogP contribution is 2.37. The Morgan fingerprint density at radius 1 is 1.29 bits per heavy atom. The molecule has 0 atom stereocenters. The van der Waals surface area contributed by atoms with Crippen LogP contribution < -0.4 is 10.6 Å². The first kappa shape index (κ1) is 12.2. The van der Waals surface area contributed by atoms with E-state index in [0.717, 1.165) is 11.4 Å². The van der Waals surface area contributed by atoms with E-state index in [0.29, 0.717) is 11.5 Å². The Bertz CT molecular complexity index is 377. The molecule has 1 fully saturated rings. The Labute approximate surface area is 104 Å². The first-order chi connectivity index (χ1) is 7.98. The van der Waals surface area contributed by atoms with Crippen molar-refractivity contribution in [3.8, 4) is 0 Å². The Morgan fingerprint density at radius 2 is 1.94 bits per heavy atom. The second kappa shape index (κ2) is 4.55. The van der Waals surface area contributed by atoms with Crippen molar-refractivity contribution in [3.63, 3.8) is 0 Å². The predicted octanol–water partition coefficient (Wildman–Crippen LogP) is 3.07. The molecule has 0 bridgehead atoms. The van der Waals surface area contributed by atoms with Crippen molar-refractivity contribution in [1.29, 1.82) is 0 Å². The van der Waals surface area contributed by atoms with E-state index < -0.39 is 0 Å². The third-order valence-corrected chi connectivity index (χ3v) is 4.01. The highest BCUT2D eigenvalue weighted by atomic mass is 15.1. The van der Waals surface area contributed by atoms with Crippen LogP contribution in [0.3, 0.4) is 0 Å². The van der Waals surface area contributed by atoms with Crippen molar-refractivity contribution in [2.75, 3.05) is 17.7 Å². The lowest BCUT2D eigenvalue weighted by Gasteiger charge is -2.39. The van der Waals surface area contributed by atoms with Crippen LogP contribution in [0.25, 0.3) is 0 Å². The van der Waals surface area contributed by atoms with Gasteiger partial charge in [-0.05, 0) is 37.2 Å². The second-order valence-electron chi connectivity index (χ2n) is 5.98. The molecule has 2 N–H and O–H groups in total. The predicted molar refractivity (Wildman–Crippen MR) is 73.1 cm³/mol. The standard InChI is InChI=1S/C14H23N3/c1-14(2)6-4-12(5-7-14)17(3)13-8-11(15)9-16-10-13/h8-10,12H,4-7,15H2,1-3H3. The van der Waals surface area contributed by atoms with Crippen LogP contribution >= 0.6 is 0 Å². The Kier molecular flexibility index (Phi) is 3.27. The number of aromatic nitrogens is 1. The van der Waals surface area contributed by atoms with Gasteiger partial charge in [0.05, 0.1) is 17.6 Å². The Morgan fingerprint density at radius 3 is 2.53 bits per heavy atom. The van der Waals surface area contributed by atoms with Gasteiger partial charge >= 0.3 is 0 Å². The molecule has 0 unspecified atom stereocenters. The van der Waals surface area contributed by atoms with E-state index in [1.165, 1.54) is 25.7 Å². The average Bonchev–Trinajstić information content (AvgIpc) is 2.28. The summed E-state index contributed by atoms with van der Waals surface area (Å²) in [7, 11) is 2.15. The molecule has 0 aromatic carbocycles. The summed E-state index contributed by atoms with van der Waals surface area (Å²) in [6.45, 7) is 4.73. The minimum absolute atomic E-state index is 0.519. The maximum absolute atomic E-state index is 5.78. The minimum Gasteiger partial charge on any atom is -0.397 e. The highest BCUT2D eigenvalue weighted by Gasteiger charge is 2.28. The van der Waals surface area contributed by atoms with Crippen molar-refractivity contribution >= 4 is 11.4 Å². The lowest BCUT2D eigenvalue weighted by molar-refractivity contribution is 0.222. The smallest absolute Gasteiger partial charge is 0.0573 e. The summed E-state index contributed by atoms with van der Waals surface area (Å²) >= 11 is 0. The van der Waals surface area contributed by atoms with E-state index in [1.54, 1.807) is 6.20 Å². The number of rotatable bonds is 2. The van der Waals surface area contributed by atoms with Crippen LogP contribution in [0, 0.1) is 5.41 Å². The van der Waals surface area contributed by atoms with Crippen LogP contribution in [0.4, 0.5) is 11.4 Å². The van der Waals surface area contributed by atoms with Crippen LogP contribution in [0.2, 0.25) is 0 Å². The number of hydrogen-bond acceptors (Lipinski definition) is 3. The van der Waals surface area contributed by atoms with Gasteiger partial charge in [-0.25, -0.2) is 0 Å². The summed E-state index contributed by atoms with van der Waals surface area (Å²) in [5, 5.41) is 0. The average molecular weight is 233 g/mol. The fourth-order valence-corrected chi connectivity index (χ4v) is 2.62. The fraction of sp³-hybridized carbons (Fsp3) is 0.643. The largest absolute Gasteiger partial charge is 0.397 e. The molecule has 94 valence electrons. The minimum atomic E-state index is 0.519. The molecule has 0 amide bonds. The van der Waals surface area contributed by atoms with Crippen LogP contribution in [-0.2, 0) is 0 Å². The molecule has 0 saturated heterocycles. The zero-order valence-corrected chi connectivity index (χ0v) is 11.1. The van der Waals surface area contributed by atoms with E-state index in [4.69, 9.17) is 5.73 Å². The molecule has 1 aromatic rings. The molecule has 1 aliphatic rings. The van der Waals surface area contributed by atoms with Gasteiger partial charge in [0, 0.05) is 19.3 Å². The topological polar surface area (TPSA) is 42.2 Å². The zero-order chi connectivity index (χ0) is 12.5. The molecule has 0 spiro atoms. The number of anilines is 2. The van der Waals surface area contributed by atoms with Gasteiger partial charge < -0.3 is 10.6 Å². The molecule has 1 saturated carbocycles. The molecule has 3 nitrogen and oxygen atoms in total. The summed E-state index contributed by atoms with van der Waals surface area (Å²) in [4.78, 5) is 6.49. The van der Waals surface area contributed by atoms with Crippen molar-refractivity contribution in [2.45, 2.75) is 45.6 Å². The molecule has 1 aliphatic carbocycles. The first-order valence-electron chi connectivity index (χ1n) is 6.41. The van der Waals surface area contributed by atoms with Crippen molar-refractivity contribution < 1.29 is 0 Å². The van der Waals surface area contributed by atoms with Crippen molar-refractivity contribution in [3.05, 3.63) is 18.5 Å². The number of nitrogens with zero attached hydrogens (tertiary/aromatic N) is 2. The number of nitrogens with two attached hydrogens (primary N) is 1.